The van der Waals surface area contributed by atoms with E-state index in [0.717, 1.165) is 12.0 Å². The second-order valence-corrected chi connectivity index (χ2v) is 5.08. The molecule has 94 valence electrons. The van der Waals surface area contributed by atoms with Gasteiger partial charge >= 0.3 is 5.97 Å². The highest BCUT2D eigenvalue weighted by Gasteiger charge is 2.16. The largest absolute Gasteiger partial charge is 0.481 e. The number of carboxylic acids is 1. The summed E-state index contributed by atoms with van der Waals surface area (Å²) in [5, 5.41) is 8.57. The van der Waals surface area contributed by atoms with Crippen molar-refractivity contribution in [3.05, 3.63) is 21.4 Å². The highest BCUT2D eigenvalue weighted by Crippen LogP contribution is 2.23. The van der Waals surface area contributed by atoms with Gasteiger partial charge in [-0.25, -0.2) is 0 Å². The Morgan fingerprint density at radius 3 is 2.59 bits per heavy atom. The highest BCUT2D eigenvalue weighted by molar-refractivity contribution is 7.14. The van der Waals surface area contributed by atoms with Crippen molar-refractivity contribution < 1.29 is 14.7 Å². The molecule has 1 aromatic heterocycles. The van der Waals surface area contributed by atoms with Crippen molar-refractivity contribution >= 4 is 23.2 Å². The molecule has 0 bridgehead atoms. The first-order valence-corrected chi connectivity index (χ1v) is 6.34. The van der Waals surface area contributed by atoms with Crippen LogP contribution in [0.15, 0.2) is 6.07 Å². The van der Waals surface area contributed by atoms with E-state index in [1.54, 1.807) is 7.05 Å². The average molecular weight is 255 g/mol. The molecule has 0 aromatic carbocycles. The molecule has 0 spiro atoms. The molecule has 17 heavy (non-hydrogen) atoms. The van der Waals surface area contributed by atoms with E-state index >= 15 is 0 Å². The maximum Gasteiger partial charge on any atom is 0.305 e. The minimum atomic E-state index is -0.888. The van der Waals surface area contributed by atoms with Gasteiger partial charge in [-0.15, -0.1) is 11.3 Å². The second kappa shape index (κ2) is 5.82. The van der Waals surface area contributed by atoms with E-state index in [-0.39, 0.29) is 18.9 Å². The van der Waals surface area contributed by atoms with Crippen molar-refractivity contribution in [2.45, 2.75) is 26.7 Å². The van der Waals surface area contributed by atoms with Crippen molar-refractivity contribution in [2.24, 2.45) is 0 Å². The van der Waals surface area contributed by atoms with Crippen LogP contribution in [0.4, 0.5) is 0 Å². The Kier molecular flexibility index (Phi) is 4.69. The molecule has 1 rings (SSSR count). The average Bonchev–Trinajstić information content (AvgIpc) is 2.66. The topological polar surface area (TPSA) is 57.6 Å². The third kappa shape index (κ3) is 3.56. The van der Waals surface area contributed by atoms with E-state index in [4.69, 9.17) is 5.11 Å². The Morgan fingerprint density at radius 1 is 1.47 bits per heavy atom. The van der Waals surface area contributed by atoms with Crippen LogP contribution in [0, 0.1) is 6.92 Å². The van der Waals surface area contributed by atoms with Crippen LogP contribution in [0.5, 0.6) is 0 Å². The fraction of sp³-hybridized carbons (Fsp3) is 0.500. The van der Waals surface area contributed by atoms with Gasteiger partial charge in [0, 0.05) is 18.5 Å². The fourth-order valence-corrected chi connectivity index (χ4v) is 2.64. The van der Waals surface area contributed by atoms with Crippen molar-refractivity contribution in [1.82, 2.24) is 4.90 Å². The molecular weight excluding hydrogens is 238 g/mol. The molecule has 0 aliphatic heterocycles. The molecule has 0 atom stereocenters. The first kappa shape index (κ1) is 13.7. The summed E-state index contributed by atoms with van der Waals surface area (Å²) in [5.41, 5.74) is 1.13. The van der Waals surface area contributed by atoms with E-state index in [9.17, 15) is 9.59 Å². The van der Waals surface area contributed by atoms with Crippen molar-refractivity contribution in [2.75, 3.05) is 13.6 Å². The van der Waals surface area contributed by atoms with Crippen LogP contribution in [-0.2, 0) is 11.2 Å². The number of carbonyl (C=O) groups is 2. The van der Waals surface area contributed by atoms with Crippen LogP contribution in [0.1, 0.15) is 33.5 Å². The van der Waals surface area contributed by atoms with E-state index in [2.05, 4.69) is 6.92 Å². The zero-order valence-corrected chi connectivity index (χ0v) is 11.1. The number of carboxylic acid groups (broad SMARTS) is 1. The normalized spacial score (nSPS) is 10.3. The zero-order valence-electron chi connectivity index (χ0n) is 10.3. The van der Waals surface area contributed by atoms with Crippen molar-refractivity contribution in [3.63, 3.8) is 0 Å². The smallest absolute Gasteiger partial charge is 0.305 e. The van der Waals surface area contributed by atoms with E-state index in [0.29, 0.717) is 4.88 Å². The number of aryl methyl sites for hydroxylation is 2. The first-order valence-electron chi connectivity index (χ1n) is 5.52. The standard InChI is InChI=1S/C12H17NO3S/c1-4-9-8(2)7-10(17-9)12(16)13(3)6-5-11(14)15/h7H,4-6H2,1-3H3,(H,14,15). The van der Waals surface area contributed by atoms with E-state index in [1.807, 2.05) is 13.0 Å². The number of aliphatic carboxylic acids is 1. The maximum absolute atomic E-state index is 12.0. The second-order valence-electron chi connectivity index (χ2n) is 3.94. The lowest BCUT2D eigenvalue weighted by Gasteiger charge is -2.14. The summed E-state index contributed by atoms with van der Waals surface area (Å²) in [6.45, 7) is 4.29. The number of carbonyl (C=O) groups excluding carboxylic acids is 1. The van der Waals surface area contributed by atoms with Gasteiger partial charge in [0.25, 0.3) is 5.91 Å². The third-order valence-corrected chi connectivity index (χ3v) is 3.93. The predicted molar refractivity (Wildman–Crippen MR) is 67.6 cm³/mol. The number of hydrogen-bond acceptors (Lipinski definition) is 3. The van der Waals surface area contributed by atoms with Crippen LogP contribution >= 0.6 is 11.3 Å². The Hall–Kier alpha value is -1.36. The first-order chi connectivity index (χ1) is 7.95. The lowest BCUT2D eigenvalue weighted by atomic mass is 10.2. The summed E-state index contributed by atoms with van der Waals surface area (Å²) in [4.78, 5) is 25.8. The van der Waals surface area contributed by atoms with E-state index in [1.165, 1.54) is 21.1 Å². The van der Waals surface area contributed by atoms with Gasteiger partial charge in [-0.1, -0.05) is 6.92 Å². The summed E-state index contributed by atoms with van der Waals surface area (Å²) in [6.07, 6.45) is 0.899. The monoisotopic (exact) mass is 255 g/mol. The van der Waals surface area contributed by atoms with Gasteiger partial charge in [-0.05, 0) is 25.0 Å². The van der Waals surface area contributed by atoms with Crippen LogP contribution in [-0.4, -0.2) is 35.5 Å². The summed E-state index contributed by atoms with van der Waals surface area (Å²) in [5.74, 6) is -0.986. The molecule has 0 aliphatic rings. The SMILES string of the molecule is CCc1sc(C(=O)N(C)CCC(=O)O)cc1C. The maximum atomic E-state index is 12.0. The number of thiophene rings is 1. The number of amides is 1. The summed E-state index contributed by atoms with van der Waals surface area (Å²) >= 11 is 1.49. The van der Waals surface area contributed by atoms with Crippen LogP contribution < -0.4 is 0 Å². The predicted octanol–water partition coefficient (Wildman–Crippen LogP) is 2.17. The molecule has 0 aliphatic carbocycles. The summed E-state index contributed by atoms with van der Waals surface area (Å²) in [7, 11) is 1.63. The summed E-state index contributed by atoms with van der Waals surface area (Å²) < 4.78 is 0. The van der Waals surface area contributed by atoms with Crippen molar-refractivity contribution in [3.8, 4) is 0 Å². The minimum absolute atomic E-state index is 0.0206. The van der Waals surface area contributed by atoms with Gasteiger partial charge in [0.15, 0.2) is 0 Å². The zero-order chi connectivity index (χ0) is 13.0. The molecule has 1 aromatic rings. The molecule has 0 radical (unpaired) electrons. The molecular formula is C12H17NO3S. The molecule has 1 amide bonds. The van der Waals surface area contributed by atoms with Gasteiger partial charge in [0.1, 0.15) is 0 Å². The van der Waals surface area contributed by atoms with Gasteiger partial charge in [0.05, 0.1) is 11.3 Å². The van der Waals surface area contributed by atoms with Crippen molar-refractivity contribution in [1.29, 1.82) is 0 Å². The van der Waals surface area contributed by atoms with E-state index < -0.39 is 5.97 Å². The number of nitrogens with zero attached hydrogens (tertiary/aromatic N) is 1. The van der Waals surface area contributed by atoms with Gasteiger partial charge in [0.2, 0.25) is 0 Å². The molecule has 1 heterocycles. The molecule has 0 saturated carbocycles. The molecule has 1 N–H and O–H groups in total. The van der Waals surface area contributed by atoms with Gasteiger partial charge < -0.3 is 10.0 Å². The van der Waals surface area contributed by atoms with Gasteiger partial charge in [-0.3, -0.25) is 9.59 Å². The van der Waals surface area contributed by atoms with Crippen LogP contribution in [0.3, 0.4) is 0 Å². The summed E-state index contributed by atoms with van der Waals surface area (Å²) in [6, 6.07) is 1.88. The minimum Gasteiger partial charge on any atom is -0.481 e. The van der Waals surface area contributed by atoms with Gasteiger partial charge in [-0.2, -0.15) is 0 Å². The Bertz CT molecular complexity index is 425. The highest BCUT2D eigenvalue weighted by atomic mass is 32.1. The molecule has 0 unspecified atom stereocenters. The lowest BCUT2D eigenvalue weighted by molar-refractivity contribution is -0.137. The molecule has 0 saturated heterocycles. The Labute approximate surface area is 105 Å². The fourth-order valence-electron chi connectivity index (χ4n) is 1.53. The van der Waals surface area contributed by atoms with Crippen LogP contribution in [0.25, 0.3) is 0 Å². The number of hydrogen-bond donors (Lipinski definition) is 1. The molecule has 5 heteroatoms. The quantitative estimate of drug-likeness (QED) is 0.877. The number of rotatable bonds is 5. The lowest BCUT2D eigenvalue weighted by Crippen LogP contribution is -2.28. The Balaban J connectivity index is 2.71. The Morgan fingerprint density at radius 2 is 2.12 bits per heavy atom. The van der Waals surface area contributed by atoms with Crippen LogP contribution in [0.2, 0.25) is 0 Å². The molecule has 0 fully saturated rings. The third-order valence-electron chi connectivity index (χ3n) is 2.56. The molecule has 4 nitrogen and oxygen atoms in total.